The van der Waals surface area contributed by atoms with Crippen molar-refractivity contribution in [2.45, 2.75) is 24.8 Å². The molecule has 0 bridgehead atoms. The predicted octanol–water partition coefficient (Wildman–Crippen LogP) is 1.74. The smallest absolute Gasteiger partial charge is 0.0459 e. The van der Waals surface area contributed by atoms with Crippen LogP contribution in [0.2, 0.25) is 0 Å². The molecule has 18 heavy (non-hydrogen) atoms. The first-order valence-corrected chi connectivity index (χ1v) is 6.89. The van der Waals surface area contributed by atoms with Crippen molar-refractivity contribution in [3.05, 3.63) is 35.5 Å². The van der Waals surface area contributed by atoms with E-state index >= 15 is 0 Å². The van der Waals surface area contributed by atoms with Crippen molar-refractivity contribution < 1.29 is 0 Å². The van der Waals surface area contributed by atoms with Gasteiger partial charge in [-0.25, -0.2) is 0 Å². The van der Waals surface area contributed by atoms with Crippen LogP contribution in [0.25, 0.3) is 10.9 Å². The molecule has 1 aliphatic carbocycles. The second-order valence-corrected chi connectivity index (χ2v) is 5.75. The van der Waals surface area contributed by atoms with Gasteiger partial charge in [0.15, 0.2) is 0 Å². The Balaban J connectivity index is 1.85. The van der Waals surface area contributed by atoms with Crippen LogP contribution in [0.15, 0.2) is 24.4 Å². The van der Waals surface area contributed by atoms with E-state index in [1.165, 1.54) is 28.5 Å². The maximum atomic E-state index is 5.85. The molecular formula is C15H19N3. The number of nitrogens with two attached hydrogens (primary N) is 1. The van der Waals surface area contributed by atoms with Crippen molar-refractivity contribution >= 4 is 10.9 Å². The van der Waals surface area contributed by atoms with Gasteiger partial charge in [0.05, 0.1) is 0 Å². The number of rotatable bonds is 1. The van der Waals surface area contributed by atoms with E-state index in [1.54, 1.807) is 0 Å². The summed E-state index contributed by atoms with van der Waals surface area (Å²) in [5.74, 6) is 1.27. The van der Waals surface area contributed by atoms with Gasteiger partial charge in [0.2, 0.25) is 0 Å². The highest BCUT2D eigenvalue weighted by Crippen LogP contribution is 2.41. The van der Waals surface area contributed by atoms with Crippen LogP contribution < -0.4 is 11.1 Å². The molecule has 1 fully saturated rings. The summed E-state index contributed by atoms with van der Waals surface area (Å²) in [6, 6.07) is 7.25. The molecule has 2 heterocycles. The molecule has 0 amide bonds. The number of H-pyrrole nitrogens is 1. The van der Waals surface area contributed by atoms with E-state index in [4.69, 9.17) is 5.73 Å². The van der Waals surface area contributed by atoms with Crippen LogP contribution in [0.3, 0.4) is 0 Å². The predicted molar refractivity (Wildman–Crippen MR) is 73.7 cm³/mol. The minimum atomic E-state index is 0.599. The molecule has 1 unspecified atom stereocenters. The number of nitrogens with one attached hydrogen (secondary N) is 2. The van der Waals surface area contributed by atoms with Gasteiger partial charge in [-0.05, 0) is 49.0 Å². The first-order valence-electron chi connectivity index (χ1n) is 6.89. The Morgan fingerprint density at radius 2 is 2.28 bits per heavy atom. The molecule has 1 aliphatic heterocycles. The van der Waals surface area contributed by atoms with Gasteiger partial charge in [0.1, 0.15) is 0 Å². The number of aromatic amines is 1. The van der Waals surface area contributed by atoms with Gasteiger partial charge in [-0.15, -0.1) is 0 Å². The van der Waals surface area contributed by atoms with E-state index in [0.717, 1.165) is 19.5 Å². The van der Waals surface area contributed by atoms with E-state index in [1.807, 2.05) is 0 Å². The standard InChI is InChI=1S/C15H19N3/c16-6-9-4-12-11-2-1-3-13-15(11)10(8-18-13)5-14(12)17-7-9/h1-3,8-9,12,14,17-18H,4-7,16H2/t9?,12-,14-/m1/s1. The SMILES string of the molecule is NCC1CN[C@@H]2Cc3c[nH]c4cccc(c34)[C@H]2C1. The number of benzene rings is 1. The van der Waals surface area contributed by atoms with Crippen LogP contribution in [-0.2, 0) is 6.42 Å². The third-order valence-electron chi connectivity index (χ3n) is 4.73. The van der Waals surface area contributed by atoms with Crippen LogP contribution in [0.1, 0.15) is 23.5 Å². The molecular weight excluding hydrogens is 222 g/mol. The van der Waals surface area contributed by atoms with E-state index in [9.17, 15) is 0 Å². The fourth-order valence-corrected chi connectivity index (χ4v) is 3.80. The summed E-state index contributed by atoms with van der Waals surface area (Å²) in [5.41, 5.74) is 10.1. The van der Waals surface area contributed by atoms with Gasteiger partial charge >= 0.3 is 0 Å². The zero-order valence-corrected chi connectivity index (χ0v) is 10.4. The Morgan fingerprint density at radius 1 is 1.33 bits per heavy atom. The lowest BCUT2D eigenvalue weighted by Gasteiger charge is -2.40. The molecule has 2 aliphatic rings. The van der Waals surface area contributed by atoms with Gasteiger partial charge in [0, 0.05) is 29.1 Å². The monoisotopic (exact) mass is 241 g/mol. The fraction of sp³-hybridized carbons (Fsp3) is 0.467. The van der Waals surface area contributed by atoms with Gasteiger partial charge in [-0.1, -0.05) is 12.1 Å². The third kappa shape index (κ3) is 1.38. The Bertz CT molecular complexity index is 586. The van der Waals surface area contributed by atoms with Crippen molar-refractivity contribution in [3.8, 4) is 0 Å². The molecule has 2 aromatic rings. The van der Waals surface area contributed by atoms with Crippen molar-refractivity contribution in [1.82, 2.24) is 10.3 Å². The van der Waals surface area contributed by atoms with Crippen LogP contribution in [0.4, 0.5) is 0 Å². The number of piperidine rings is 1. The molecule has 1 aromatic carbocycles. The topological polar surface area (TPSA) is 53.8 Å². The summed E-state index contributed by atoms with van der Waals surface area (Å²) in [6.45, 7) is 1.87. The summed E-state index contributed by atoms with van der Waals surface area (Å²) >= 11 is 0. The van der Waals surface area contributed by atoms with Gasteiger partial charge in [0.25, 0.3) is 0 Å². The number of hydrogen-bond acceptors (Lipinski definition) is 2. The van der Waals surface area contributed by atoms with Crippen LogP contribution in [0.5, 0.6) is 0 Å². The lowest BCUT2D eigenvalue weighted by atomic mass is 9.73. The lowest BCUT2D eigenvalue weighted by molar-refractivity contribution is 0.273. The van der Waals surface area contributed by atoms with E-state index in [2.05, 4.69) is 34.7 Å². The molecule has 3 heteroatoms. The quantitative estimate of drug-likeness (QED) is 0.712. The normalized spacial score (nSPS) is 30.4. The summed E-state index contributed by atoms with van der Waals surface area (Å²) in [5, 5.41) is 5.17. The van der Waals surface area contributed by atoms with E-state index in [0.29, 0.717) is 17.9 Å². The zero-order chi connectivity index (χ0) is 12.1. The Labute approximate surface area is 107 Å². The summed E-state index contributed by atoms with van der Waals surface area (Å²) in [4.78, 5) is 3.40. The molecule has 0 spiro atoms. The van der Waals surface area contributed by atoms with E-state index in [-0.39, 0.29) is 0 Å². The van der Waals surface area contributed by atoms with Crippen LogP contribution >= 0.6 is 0 Å². The van der Waals surface area contributed by atoms with Crippen molar-refractivity contribution in [2.24, 2.45) is 11.7 Å². The van der Waals surface area contributed by atoms with Crippen LogP contribution in [0, 0.1) is 5.92 Å². The van der Waals surface area contributed by atoms with Crippen molar-refractivity contribution in [3.63, 3.8) is 0 Å². The fourth-order valence-electron chi connectivity index (χ4n) is 3.80. The maximum Gasteiger partial charge on any atom is 0.0459 e. The van der Waals surface area contributed by atoms with Crippen molar-refractivity contribution in [1.29, 1.82) is 0 Å². The van der Waals surface area contributed by atoms with Gasteiger partial charge in [-0.3, -0.25) is 0 Å². The molecule has 3 atom stereocenters. The van der Waals surface area contributed by atoms with E-state index < -0.39 is 0 Å². The number of hydrogen-bond donors (Lipinski definition) is 3. The summed E-state index contributed by atoms with van der Waals surface area (Å²) in [7, 11) is 0. The molecule has 3 nitrogen and oxygen atoms in total. The number of aromatic nitrogens is 1. The molecule has 1 saturated heterocycles. The van der Waals surface area contributed by atoms with Gasteiger partial charge in [-0.2, -0.15) is 0 Å². The maximum absolute atomic E-state index is 5.85. The highest BCUT2D eigenvalue weighted by Gasteiger charge is 2.35. The summed E-state index contributed by atoms with van der Waals surface area (Å²) < 4.78 is 0. The summed E-state index contributed by atoms with van der Waals surface area (Å²) in [6.07, 6.45) is 4.57. The third-order valence-corrected chi connectivity index (χ3v) is 4.73. The second kappa shape index (κ2) is 3.84. The molecule has 1 aromatic heterocycles. The van der Waals surface area contributed by atoms with Crippen LogP contribution in [-0.4, -0.2) is 24.1 Å². The largest absolute Gasteiger partial charge is 0.361 e. The molecule has 4 rings (SSSR count). The Kier molecular flexibility index (Phi) is 2.26. The van der Waals surface area contributed by atoms with Gasteiger partial charge < -0.3 is 16.0 Å². The molecule has 0 saturated carbocycles. The first-order chi connectivity index (χ1) is 8.86. The first kappa shape index (κ1) is 10.6. The molecule has 0 radical (unpaired) electrons. The lowest BCUT2D eigenvalue weighted by Crippen LogP contribution is -2.48. The Hall–Kier alpha value is -1.32. The molecule has 4 N–H and O–H groups in total. The zero-order valence-electron chi connectivity index (χ0n) is 10.4. The minimum absolute atomic E-state index is 0.599. The average molecular weight is 241 g/mol. The minimum Gasteiger partial charge on any atom is -0.361 e. The second-order valence-electron chi connectivity index (χ2n) is 5.75. The molecule has 94 valence electrons. The Morgan fingerprint density at radius 3 is 3.17 bits per heavy atom. The highest BCUT2D eigenvalue weighted by atomic mass is 14.9. The highest BCUT2D eigenvalue weighted by molar-refractivity contribution is 5.88. The number of fused-ring (bicyclic) bond motifs is 2. The van der Waals surface area contributed by atoms with Crippen molar-refractivity contribution in [2.75, 3.05) is 13.1 Å². The average Bonchev–Trinajstić information content (AvgIpc) is 2.83.